The number of hydrogen-bond donors (Lipinski definition) is 0. The molecule has 0 aliphatic rings. The lowest BCUT2D eigenvalue weighted by atomic mass is 10.2. The second kappa shape index (κ2) is 3.70. The van der Waals surface area contributed by atoms with Crippen molar-refractivity contribution in [3.63, 3.8) is 0 Å². The summed E-state index contributed by atoms with van der Waals surface area (Å²) < 4.78 is 2.07. The van der Waals surface area contributed by atoms with Crippen LogP contribution in [0.1, 0.15) is 18.3 Å². The zero-order valence-electron chi connectivity index (χ0n) is 7.47. The van der Waals surface area contributed by atoms with Gasteiger partial charge in [0, 0.05) is 13.0 Å². The average Bonchev–Trinajstić information content (AvgIpc) is 2.76. The molecule has 2 rings (SSSR count). The SMILES string of the molecule is CCn1cnnc1Cc1ccsc1. The third-order valence-corrected chi connectivity index (χ3v) is 2.71. The van der Waals surface area contributed by atoms with Crippen LogP contribution in [0.25, 0.3) is 0 Å². The molecule has 3 nitrogen and oxygen atoms in total. The standard InChI is InChI=1S/C9H11N3S/c1-2-12-7-10-11-9(12)5-8-3-4-13-6-8/h3-4,6-7H,2,5H2,1H3. The Kier molecular flexibility index (Phi) is 2.40. The molecular weight excluding hydrogens is 182 g/mol. The summed E-state index contributed by atoms with van der Waals surface area (Å²) in [4.78, 5) is 0. The minimum absolute atomic E-state index is 0.886. The van der Waals surface area contributed by atoms with Gasteiger partial charge in [-0.15, -0.1) is 10.2 Å². The molecule has 0 saturated carbocycles. The molecule has 0 unspecified atom stereocenters. The smallest absolute Gasteiger partial charge is 0.137 e. The summed E-state index contributed by atoms with van der Waals surface area (Å²) in [6.45, 7) is 3.03. The topological polar surface area (TPSA) is 30.7 Å². The first-order valence-electron chi connectivity index (χ1n) is 4.28. The van der Waals surface area contributed by atoms with Crippen molar-refractivity contribution in [2.45, 2.75) is 19.9 Å². The van der Waals surface area contributed by atoms with Crippen molar-refractivity contribution in [1.82, 2.24) is 14.8 Å². The summed E-state index contributed by atoms with van der Waals surface area (Å²) in [5.74, 6) is 1.04. The van der Waals surface area contributed by atoms with E-state index in [1.54, 1.807) is 17.7 Å². The van der Waals surface area contributed by atoms with E-state index in [0.29, 0.717) is 0 Å². The lowest BCUT2D eigenvalue weighted by molar-refractivity contribution is 0.712. The van der Waals surface area contributed by atoms with Crippen LogP contribution in [0.4, 0.5) is 0 Å². The van der Waals surface area contributed by atoms with Crippen LogP contribution >= 0.6 is 11.3 Å². The van der Waals surface area contributed by atoms with Gasteiger partial charge in [-0.1, -0.05) is 0 Å². The molecule has 0 aliphatic heterocycles. The molecule has 0 radical (unpaired) electrons. The van der Waals surface area contributed by atoms with Gasteiger partial charge in [0.1, 0.15) is 12.2 Å². The third-order valence-electron chi connectivity index (χ3n) is 1.98. The number of aromatic nitrogens is 3. The molecule has 2 heterocycles. The maximum absolute atomic E-state index is 4.08. The quantitative estimate of drug-likeness (QED) is 0.746. The molecule has 0 fully saturated rings. The summed E-state index contributed by atoms with van der Waals surface area (Å²) in [5.41, 5.74) is 1.31. The van der Waals surface area contributed by atoms with Crippen molar-refractivity contribution in [1.29, 1.82) is 0 Å². The fourth-order valence-electron chi connectivity index (χ4n) is 1.26. The van der Waals surface area contributed by atoms with Crippen LogP contribution in [0.15, 0.2) is 23.2 Å². The van der Waals surface area contributed by atoms with Gasteiger partial charge in [-0.05, 0) is 29.3 Å². The molecule has 0 amide bonds. The molecule has 0 saturated heterocycles. The Labute approximate surface area is 81.1 Å². The van der Waals surface area contributed by atoms with Crippen LogP contribution in [0, 0.1) is 0 Å². The van der Waals surface area contributed by atoms with E-state index in [-0.39, 0.29) is 0 Å². The Balaban J connectivity index is 2.18. The second-order valence-corrected chi connectivity index (χ2v) is 3.62. The van der Waals surface area contributed by atoms with Crippen molar-refractivity contribution in [3.8, 4) is 0 Å². The first kappa shape index (κ1) is 8.44. The highest BCUT2D eigenvalue weighted by atomic mass is 32.1. The summed E-state index contributed by atoms with van der Waals surface area (Å²) in [6, 6.07) is 2.12. The van der Waals surface area contributed by atoms with Gasteiger partial charge in [0.2, 0.25) is 0 Å². The lowest BCUT2D eigenvalue weighted by Gasteiger charge is -2.00. The van der Waals surface area contributed by atoms with Crippen LogP contribution in [-0.2, 0) is 13.0 Å². The Morgan fingerprint density at radius 3 is 3.15 bits per heavy atom. The Morgan fingerprint density at radius 2 is 2.46 bits per heavy atom. The Bertz CT molecular complexity index is 364. The van der Waals surface area contributed by atoms with Gasteiger partial charge in [0.15, 0.2) is 0 Å². The van der Waals surface area contributed by atoms with Crippen LogP contribution in [0.3, 0.4) is 0 Å². The van der Waals surface area contributed by atoms with Crippen molar-refractivity contribution < 1.29 is 0 Å². The largest absolute Gasteiger partial charge is 0.318 e. The Morgan fingerprint density at radius 1 is 1.54 bits per heavy atom. The van der Waals surface area contributed by atoms with E-state index in [9.17, 15) is 0 Å². The first-order valence-corrected chi connectivity index (χ1v) is 5.22. The van der Waals surface area contributed by atoms with E-state index in [2.05, 4.69) is 38.5 Å². The van der Waals surface area contributed by atoms with E-state index in [4.69, 9.17) is 0 Å². The fourth-order valence-corrected chi connectivity index (χ4v) is 1.92. The molecule has 0 spiro atoms. The number of hydrogen-bond acceptors (Lipinski definition) is 3. The minimum Gasteiger partial charge on any atom is -0.318 e. The number of aryl methyl sites for hydroxylation is 1. The zero-order valence-corrected chi connectivity index (χ0v) is 8.29. The van der Waals surface area contributed by atoms with Gasteiger partial charge >= 0.3 is 0 Å². The summed E-state index contributed by atoms with van der Waals surface area (Å²) >= 11 is 1.72. The fraction of sp³-hybridized carbons (Fsp3) is 0.333. The van der Waals surface area contributed by atoms with Crippen molar-refractivity contribution >= 4 is 11.3 Å². The van der Waals surface area contributed by atoms with Crippen LogP contribution in [0.5, 0.6) is 0 Å². The minimum atomic E-state index is 0.886. The van der Waals surface area contributed by atoms with E-state index >= 15 is 0 Å². The van der Waals surface area contributed by atoms with Gasteiger partial charge in [-0.25, -0.2) is 0 Å². The van der Waals surface area contributed by atoms with Crippen LogP contribution in [0.2, 0.25) is 0 Å². The Hall–Kier alpha value is -1.16. The van der Waals surface area contributed by atoms with Gasteiger partial charge in [0.25, 0.3) is 0 Å². The summed E-state index contributed by atoms with van der Waals surface area (Å²) in [6.07, 6.45) is 2.67. The van der Waals surface area contributed by atoms with Gasteiger partial charge < -0.3 is 4.57 Å². The van der Waals surface area contributed by atoms with E-state index < -0.39 is 0 Å². The van der Waals surface area contributed by atoms with Gasteiger partial charge in [-0.3, -0.25) is 0 Å². The zero-order chi connectivity index (χ0) is 9.10. The number of nitrogens with zero attached hydrogens (tertiary/aromatic N) is 3. The molecule has 0 aliphatic carbocycles. The van der Waals surface area contributed by atoms with Crippen molar-refractivity contribution in [3.05, 3.63) is 34.5 Å². The van der Waals surface area contributed by atoms with E-state index in [1.165, 1.54) is 5.56 Å². The van der Waals surface area contributed by atoms with E-state index in [0.717, 1.165) is 18.8 Å². The maximum atomic E-state index is 4.08. The van der Waals surface area contributed by atoms with Crippen molar-refractivity contribution in [2.75, 3.05) is 0 Å². The van der Waals surface area contributed by atoms with Crippen LogP contribution < -0.4 is 0 Å². The first-order chi connectivity index (χ1) is 6.40. The average molecular weight is 193 g/mol. The number of thiophene rings is 1. The molecular formula is C9H11N3S. The molecule has 4 heteroatoms. The highest BCUT2D eigenvalue weighted by Gasteiger charge is 2.03. The number of rotatable bonds is 3. The molecule has 0 bridgehead atoms. The van der Waals surface area contributed by atoms with Crippen LogP contribution in [-0.4, -0.2) is 14.8 Å². The predicted octanol–water partition coefficient (Wildman–Crippen LogP) is 1.95. The summed E-state index contributed by atoms with van der Waals surface area (Å²) in [5, 5.41) is 12.2. The third kappa shape index (κ3) is 1.78. The highest BCUT2D eigenvalue weighted by Crippen LogP contribution is 2.10. The lowest BCUT2D eigenvalue weighted by Crippen LogP contribution is -2.00. The van der Waals surface area contributed by atoms with E-state index in [1.807, 2.05) is 0 Å². The molecule has 0 aromatic carbocycles. The maximum Gasteiger partial charge on any atom is 0.137 e. The second-order valence-electron chi connectivity index (χ2n) is 2.84. The molecule has 68 valence electrons. The van der Waals surface area contributed by atoms with Gasteiger partial charge in [-0.2, -0.15) is 11.3 Å². The monoisotopic (exact) mass is 193 g/mol. The normalized spacial score (nSPS) is 10.5. The summed E-state index contributed by atoms with van der Waals surface area (Å²) in [7, 11) is 0. The van der Waals surface area contributed by atoms with Crippen molar-refractivity contribution in [2.24, 2.45) is 0 Å². The molecule has 13 heavy (non-hydrogen) atoms. The molecule has 0 N–H and O–H groups in total. The predicted molar refractivity (Wildman–Crippen MR) is 52.8 cm³/mol. The van der Waals surface area contributed by atoms with Gasteiger partial charge in [0.05, 0.1) is 0 Å². The molecule has 2 aromatic rings. The molecule has 2 aromatic heterocycles. The highest BCUT2D eigenvalue weighted by molar-refractivity contribution is 7.07. The molecule has 0 atom stereocenters.